The average Bonchev–Trinajstić information content (AvgIpc) is 2.04. The van der Waals surface area contributed by atoms with E-state index in [9.17, 15) is 0 Å². The van der Waals surface area contributed by atoms with Crippen molar-refractivity contribution in [3.63, 3.8) is 0 Å². The molecule has 0 spiro atoms. The molecule has 10 heavy (non-hydrogen) atoms. The average molecular weight is 133 g/mol. The van der Waals surface area contributed by atoms with Crippen LogP contribution in [-0.2, 0) is 0 Å². The lowest BCUT2D eigenvalue weighted by Gasteiger charge is -2.00. The van der Waals surface area contributed by atoms with Crippen LogP contribution in [0.5, 0.6) is 0 Å². The molecule has 0 aromatic heterocycles. The first-order chi connectivity index (χ1) is 4.72. The van der Waals surface area contributed by atoms with Crippen LogP contribution in [0.4, 0.5) is 0 Å². The Morgan fingerprint density at radius 2 is 1.90 bits per heavy atom. The fourth-order valence-corrected chi connectivity index (χ4v) is 0.804. The molecule has 0 unspecified atom stereocenters. The lowest BCUT2D eigenvalue weighted by Crippen LogP contribution is -2.00. The third kappa shape index (κ3) is 1.18. The second kappa shape index (κ2) is 2.56. The minimum Gasteiger partial charge on any atom is -0.398 e. The van der Waals surface area contributed by atoms with Crippen molar-refractivity contribution in [2.45, 2.75) is 6.92 Å². The van der Waals surface area contributed by atoms with Gasteiger partial charge in [0, 0.05) is 5.70 Å². The van der Waals surface area contributed by atoms with E-state index in [-0.39, 0.29) is 0 Å². The standard InChI is InChI=1S/C9H11N/c1-7-5-3-4-6-8(2)9(7)10/h3-6H,1,10H2,2H3. The van der Waals surface area contributed by atoms with Gasteiger partial charge in [0.25, 0.3) is 0 Å². The van der Waals surface area contributed by atoms with Crippen molar-refractivity contribution >= 4 is 0 Å². The highest BCUT2D eigenvalue weighted by atomic mass is 14.6. The minimum absolute atomic E-state index is 0.782. The second-order valence-electron chi connectivity index (χ2n) is 2.34. The Morgan fingerprint density at radius 3 is 2.60 bits per heavy atom. The zero-order chi connectivity index (χ0) is 7.56. The number of hydrogen-bond donors (Lipinski definition) is 1. The summed E-state index contributed by atoms with van der Waals surface area (Å²) >= 11 is 0. The highest BCUT2D eigenvalue weighted by Crippen LogP contribution is 2.12. The molecular formula is C9H11N. The summed E-state index contributed by atoms with van der Waals surface area (Å²) in [6, 6.07) is 0. The van der Waals surface area contributed by atoms with Gasteiger partial charge in [0.2, 0.25) is 0 Å². The molecule has 0 bridgehead atoms. The number of nitrogens with two attached hydrogens (primary N) is 1. The Morgan fingerprint density at radius 1 is 1.30 bits per heavy atom. The molecule has 0 aromatic carbocycles. The van der Waals surface area contributed by atoms with E-state index in [0.717, 1.165) is 16.8 Å². The van der Waals surface area contributed by atoms with Crippen LogP contribution in [0.25, 0.3) is 0 Å². The third-order valence-electron chi connectivity index (χ3n) is 1.53. The zero-order valence-electron chi connectivity index (χ0n) is 6.09. The van der Waals surface area contributed by atoms with Gasteiger partial charge in [-0.3, -0.25) is 0 Å². The SMILES string of the molecule is C=C1C=CC=CC(C)=C1N. The van der Waals surface area contributed by atoms with Gasteiger partial charge in [-0.2, -0.15) is 0 Å². The van der Waals surface area contributed by atoms with E-state index in [0.29, 0.717) is 0 Å². The summed E-state index contributed by atoms with van der Waals surface area (Å²) < 4.78 is 0. The van der Waals surface area contributed by atoms with Gasteiger partial charge in [-0.15, -0.1) is 0 Å². The molecule has 52 valence electrons. The quantitative estimate of drug-likeness (QED) is 0.536. The third-order valence-corrected chi connectivity index (χ3v) is 1.53. The Hall–Kier alpha value is -1.24. The zero-order valence-corrected chi connectivity index (χ0v) is 6.09. The first-order valence-corrected chi connectivity index (χ1v) is 3.22. The van der Waals surface area contributed by atoms with Crippen molar-refractivity contribution in [1.82, 2.24) is 0 Å². The van der Waals surface area contributed by atoms with E-state index < -0.39 is 0 Å². The lowest BCUT2D eigenvalue weighted by molar-refractivity contribution is 1.29. The van der Waals surface area contributed by atoms with Crippen LogP contribution in [0.2, 0.25) is 0 Å². The van der Waals surface area contributed by atoms with Gasteiger partial charge in [-0.25, -0.2) is 0 Å². The monoisotopic (exact) mass is 133 g/mol. The number of hydrogen-bond acceptors (Lipinski definition) is 1. The number of allylic oxidation sites excluding steroid dienone is 5. The van der Waals surface area contributed by atoms with Crippen LogP contribution >= 0.6 is 0 Å². The molecule has 1 rings (SSSR count). The smallest absolute Gasteiger partial charge is 0.0411 e. The van der Waals surface area contributed by atoms with Crippen molar-refractivity contribution in [1.29, 1.82) is 0 Å². The summed E-state index contributed by atoms with van der Waals surface area (Å²) in [6.07, 6.45) is 7.78. The molecule has 1 nitrogen and oxygen atoms in total. The fourth-order valence-electron chi connectivity index (χ4n) is 0.804. The molecular weight excluding hydrogens is 122 g/mol. The van der Waals surface area contributed by atoms with Crippen LogP contribution in [0.1, 0.15) is 6.92 Å². The molecule has 0 heterocycles. The highest BCUT2D eigenvalue weighted by Gasteiger charge is 1.98. The summed E-state index contributed by atoms with van der Waals surface area (Å²) in [4.78, 5) is 0. The molecule has 1 aliphatic rings. The van der Waals surface area contributed by atoms with Gasteiger partial charge in [0.15, 0.2) is 0 Å². The Bertz CT molecular complexity index is 241. The van der Waals surface area contributed by atoms with E-state index in [4.69, 9.17) is 5.73 Å². The van der Waals surface area contributed by atoms with E-state index >= 15 is 0 Å². The summed E-state index contributed by atoms with van der Waals surface area (Å²) in [5.41, 5.74) is 8.45. The first kappa shape index (κ1) is 6.87. The van der Waals surface area contributed by atoms with Crippen LogP contribution in [0, 0.1) is 0 Å². The van der Waals surface area contributed by atoms with Crippen molar-refractivity contribution in [2.75, 3.05) is 0 Å². The fraction of sp³-hybridized carbons (Fsp3) is 0.111. The van der Waals surface area contributed by atoms with Crippen molar-refractivity contribution < 1.29 is 0 Å². The summed E-state index contributed by atoms with van der Waals surface area (Å²) in [6.45, 7) is 5.77. The maximum absolute atomic E-state index is 5.70. The molecule has 2 N–H and O–H groups in total. The van der Waals surface area contributed by atoms with Crippen LogP contribution in [0.15, 0.2) is 47.7 Å². The van der Waals surface area contributed by atoms with E-state index in [2.05, 4.69) is 6.58 Å². The predicted octanol–water partition coefficient (Wildman–Crippen LogP) is 1.90. The molecule has 0 saturated heterocycles. The second-order valence-corrected chi connectivity index (χ2v) is 2.34. The topological polar surface area (TPSA) is 26.0 Å². The molecule has 0 aliphatic heterocycles. The van der Waals surface area contributed by atoms with E-state index in [1.165, 1.54) is 0 Å². The summed E-state index contributed by atoms with van der Waals surface area (Å²) in [5, 5.41) is 0. The molecule has 1 heteroatoms. The molecule has 0 fully saturated rings. The summed E-state index contributed by atoms with van der Waals surface area (Å²) in [5.74, 6) is 0. The Balaban J connectivity index is 3.08. The van der Waals surface area contributed by atoms with E-state index in [1.807, 2.05) is 31.2 Å². The minimum atomic E-state index is 0.782. The summed E-state index contributed by atoms with van der Waals surface area (Å²) in [7, 11) is 0. The van der Waals surface area contributed by atoms with Gasteiger partial charge >= 0.3 is 0 Å². The normalized spacial score (nSPS) is 17.9. The van der Waals surface area contributed by atoms with Gasteiger partial charge in [0.1, 0.15) is 0 Å². The van der Waals surface area contributed by atoms with Crippen LogP contribution in [0.3, 0.4) is 0 Å². The van der Waals surface area contributed by atoms with Gasteiger partial charge in [-0.1, -0.05) is 30.9 Å². The van der Waals surface area contributed by atoms with Gasteiger partial charge in [0.05, 0.1) is 0 Å². The van der Waals surface area contributed by atoms with Crippen LogP contribution in [-0.4, -0.2) is 0 Å². The molecule has 0 saturated carbocycles. The van der Waals surface area contributed by atoms with E-state index in [1.54, 1.807) is 0 Å². The van der Waals surface area contributed by atoms with Crippen molar-refractivity contribution in [3.05, 3.63) is 47.7 Å². The molecule has 0 amide bonds. The first-order valence-electron chi connectivity index (χ1n) is 3.22. The lowest BCUT2D eigenvalue weighted by atomic mass is 10.1. The number of rotatable bonds is 0. The van der Waals surface area contributed by atoms with Gasteiger partial charge < -0.3 is 5.73 Å². The Labute approximate surface area is 61.2 Å². The molecule has 0 radical (unpaired) electrons. The molecule has 0 atom stereocenters. The molecule has 0 aromatic rings. The predicted molar refractivity (Wildman–Crippen MR) is 44.3 cm³/mol. The molecule has 1 aliphatic carbocycles. The van der Waals surface area contributed by atoms with Crippen LogP contribution < -0.4 is 5.73 Å². The maximum Gasteiger partial charge on any atom is 0.0411 e. The maximum atomic E-state index is 5.70. The Kier molecular flexibility index (Phi) is 1.76. The van der Waals surface area contributed by atoms with Crippen molar-refractivity contribution in [3.8, 4) is 0 Å². The highest BCUT2D eigenvalue weighted by molar-refractivity contribution is 5.45. The van der Waals surface area contributed by atoms with Crippen molar-refractivity contribution in [2.24, 2.45) is 5.73 Å². The van der Waals surface area contributed by atoms with Gasteiger partial charge in [-0.05, 0) is 18.1 Å². The largest absolute Gasteiger partial charge is 0.398 e.